The minimum absolute atomic E-state index is 0.0132. The first-order valence-corrected chi connectivity index (χ1v) is 7.63. The van der Waals surface area contributed by atoms with E-state index in [1.54, 1.807) is 6.08 Å². The van der Waals surface area contributed by atoms with Crippen molar-refractivity contribution in [1.29, 1.82) is 0 Å². The normalized spacial score (nSPS) is 11.7. The Morgan fingerprint density at radius 3 is 2.52 bits per heavy atom. The molecule has 0 aliphatic carbocycles. The van der Waals surface area contributed by atoms with Crippen LogP contribution < -0.4 is 5.32 Å². The SMILES string of the molecule is CCC=CC=CCCC=CC(=O)NCCc1ccccc1. The van der Waals surface area contributed by atoms with Gasteiger partial charge in [0.15, 0.2) is 0 Å². The molecule has 0 heterocycles. The maximum absolute atomic E-state index is 11.6. The van der Waals surface area contributed by atoms with Gasteiger partial charge in [-0.3, -0.25) is 4.79 Å². The highest BCUT2D eigenvalue weighted by Crippen LogP contribution is 1.98. The predicted octanol–water partition coefficient (Wildman–Crippen LogP) is 4.20. The van der Waals surface area contributed by atoms with Crippen LogP contribution in [0.25, 0.3) is 0 Å². The van der Waals surface area contributed by atoms with Gasteiger partial charge in [-0.15, -0.1) is 0 Å². The fourth-order valence-corrected chi connectivity index (χ4v) is 1.81. The Morgan fingerprint density at radius 2 is 1.76 bits per heavy atom. The van der Waals surface area contributed by atoms with Gasteiger partial charge in [0.25, 0.3) is 0 Å². The van der Waals surface area contributed by atoms with Crippen LogP contribution in [0.15, 0.2) is 66.8 Å². The number of nitrogens with one attached hydrogen (secondary N) is 1. The summed E-state index contributed by atoms with van der Waals surface area (Å²) in [5, 5.41) is 2.90. The molecule has 1 N–H and O–H groups in total. The van der Waals surface area contributed by atoms with Crippen molar-refractivity contribution in [2.75, 3.05) is 6.54 Å². The molecule has 0 saturated carbocycles. The van der Waals surface area contributed by atoms with Crippen molar-refractivity contribution in [3.63, 3.8) is 0 Å². The van der Waals surface area contributed by atoms with Gasteiger partial charge in [0.2, 0.25) is 5.91 Å². The summed E-state index contributed by atoms with van der Waals surface area (Å²) >= 11 is 0. The fraction of sp³-hybridized carbons (Fsp3) is 0.316. The molecule has 0 fully saturated rings. The van der Waals surface area contributed by atoms with E-state index in [4.69, 9.17) is 0 Å². The topological polar surface area (TPSA) is 29.1 Å². The van der Waals surface area contributed by atoms with Crippen molar-refractivity contribution >= 4 is 5.91 Å². The second-order valence-corrected chi connectivity index (χ2v) is 4.77. The van der Waals surface area contributed by atoms with Gasteiger partial charge in [0.1, 0.15) is 0 Å². The molecule has 0 aliphatic rings. The number of benzene rings is 1. The molecule has 2 nitrogen and oxygen atoms in total. The molecule has 0 saturated heterocycles. The molecule has 1 amide bonds. The largest absolute Gasteiger partial charge is 0.352 e. The molecule has 2 heteroatoms. The van der Waals surface area contributed by atoms with Crippen molar-refractivity contribution in [3.8, 4) is 0 Å². The number of carbonyl (C=O) groups excluding carboxylic acids is 1. The molecular formula is C19H25NO. The first-order chi connectivity index (χ1) is 10.3. The molecule has 112 valence electrons. The summed E-state index contributed by atoms with van der Waals surface area (Å²) in [5.74, 6) is -0.0132. The minimum atomic E-state index is -0.0132. The summed E-state index contributed by atoms with van der Waals surface area (Å²) in [7, 11) is 0. The van der Waals surface area contributed by atoms with E-state index in [-0.39, 0.29) is 5.91 Å². The lowest BCUT2D eigenvalue weighted by Gasteiger charge is -2.02. The Labute approximate surface area is 128 Å². The summed E-state index contributed by atoms with van der Waals surface area (Å²) in [6.07, 6.45) is 15.7. The van der Waals surface area contributed by atoms with Crippen LogP contribution >= 0.6 is 0 Å². The van der Waals surface area contributed by atoms with E-state index in [2.05, 4.69) is 48.7 Å². The number of carbonyl (C=O) groups is 1. The monoisotopic (exact) mass is 283 g/mol. The second kappa shape index (κ2) is 11.7. The Hall–Kier alpha value is -2.09. The summed E-state index contributed by atoms with van der Waals surface area (Å²) < 4.78 is 0. The molecule has 0 radical (unpaired) electrons. The molecule has 1 rings (SSSR count). The molecular weight excluding hydrogens is 258 g/mol. The van der Waals surface area contributed by atoms with Crippen molar-refractivity contribution in [1.82, 2.24) is 5.32 Å². The van der Waals surface area contributed by atoms with Crippen LogP contribution in [0.5, 0.6) is 0 Å². The average molecular weight is 283 g/mol. The highest BCUT2D eigenvalue weighted by Gasteiger charge is 1.95. The maximum atomic E-state index is 11.6. The van der Waals surface area contributed by atoms with E-state index in [0.29, 0.717) is 6.54 Å². The molecule has 0 spiro atoms. The standard InChI is InChI=1S/C19H25NO/c1-2-3-4-5-6-7-8-12-15-19(21)20-17-16-18-13-10-9-11-14-18/h3-6,9-15H,2,7-8,16-17H2,1H3,(H,20,21). The number of hydrogen-bond donors (Lipinski definition) is 1. The van der Waals surface area contributed by atoms with Crippen LogP contribution in [0.2, 0.25) is 0 Å². The zero-order valence-electron chi connectivity index (χ0n) is 12.8. The van der Waals surface area contributed by atoms with Crippen molar-refractivity contribution in [2.24, 2.45) is 0 Å². The van der Waals surface area contributed by atoms with Gasteiger partial charge in [-0.25, -0.2) is 0 Å². The van der Waals surface area contributed by atoms with Gasteiger partial charge in [0.05, 0.1) is 0 Å². The van der Waals surface area contributed by atoms with E-state index < -0.39 is 0 Å². The molecule has 0 unspecified atom stereocenters. The first kappa shape index (κ1) is 17.0. The number of allylic oxidation sites excluding steroid dienone is 5. The lowest BCUT2D eigenvalue weighted by Crippen LogP contribution is -2.23. The van der Waals surface area contributed by atoms with Gasteiger partial charge in [-0.2, -0.15) is 0 Å². The van der Waals surface area contributed by atoms with Gasteiger partial charge in [0, 0.05) is 6.54 Å². The zero-order valence-corrected chi connectivity index (χ0v) is 12.8. The van der Waals surface area contributed by atoms with E-state index >= 15 is 0 Å². The number of rotatable bonds is 9. The maximum Gasteiger partial charge on any atom is 0.243 e. The lowest BCUT2D eigenvalue weighted by atomic mass is 10.1. The van der Waals surface area contributed by atoms with Gasteiger partial charge < -0.3 is 5.32 Å². The first-order valence-electron chi connectivity index (χ1n) is 7.63. The van der Waals surface area contributed by atoms with Crippen LogP contribution in [-0.2, 0) is 11.2 Å². The summed E-state index contributed by atoms with van der Waals surface area (Å²) in [6.45, 7) is 2.79. The Morgan fingerprint density at radius 1 is 1.05 bits per heavy atom. The smallest absolute Gasteiger partial charge is 0.243 e. The van der Waals surface area contributed by atoms with Crippen LogP contribution in [0.4, 0.5) is 0 Å². The third-order valence-electron chi connectivity index (χ3n) is 2.94. The highest BCUT2D eigenvalue weighted by molar-refractivity contribution is 5.87. The van der Waals surface area contributed by atoms with Crippen molar-refractivity contribution in [2.45, 2.75) is 32.6 Å². The third kappa shape index (κ3) is 9.44. The van der Waals surface area contributed by atoms with Crippen molar-refractivity contribution in [3.05, 3.63) is 72.4 Å². The molecule has 0 atom stereocenters. The van der Waals surface area contributed by atoms with Crippen LogP contribution in [0.3, 0.4) is 0 Å². The molecule has 0 bridgehead atoms. The Kier molecular flexibility index (Phi) is 9.46. The average Bonchev–Trinajstić information content (AvgIpc) is 2.51. The Bertz CT molecular complexity index is 472. The molecule has 1 aromatic rings. The van der Waals surface area contributed by atoms with Gasteiger partial charge in [-0.1, -0.05) is 67.6 Å². The number of hydrogen-bond acceptors (Lipinski definition) is 1. The van der Waals surface area contributed by atoms with Crippen LogP contribution in [0, 0.1) is 0 Å². The Balaban J connectivity index is 2.09. The minimum Gasteiger partial charge on any atom is -0.352 e. The molecule has 0 aliphatic heterocycles. The quantitative estimate of drug-likeness (QED) is 0.411. The van der Waals surface area contributed by atoms with E-state index in [0.717, 1.165) is 25.7 Å². The predicted molar refractivity (Wildman–Crippen MR) is 90.1 cm³/mol. The van der Waals surface area contributed by atoms with Crippen LogP contribution in [-0.4, -0.2) is 12.5 Å². The van der Waals surface area contributed by atoms with E-state index in [1.165, 1.54) is 5.56 Å². The van der Waals surface area contributed by atoms with E-state index in [9.17, 15) is 4.79 Å². The summed E-state index contributed by atoms with van der Waals surface area (Å²) in [6, 6.07) is 10.2. The van der Waals surface area contributed by atoms with Crippen molar-refractivity contribution < 1.29 is 4.79 Å². The van der Waals surface area contributed by atoms with Gasteiger partial charge >= 0.3 is 0 Å². The molecule has 0 aromatic heterocycles. The highest BCUT2D eigenvalue weighted by atomic mass is 16.1. The van der Waals surface area contributed by atoms with Crippen LogP contribution in [0.1, 0.15) is 31.7 Å². The molecule has 21 heavy (non-hydrogen) atoms. The lowest BCUT2D eigenvalue weighted by molar-refractivity contribution is -0.116. The van der Waals surface area contributed by atoms with Gasteiger partial charge in [-0.05, 0) is 37.3 Å². The third-order valence-corrected chi connectivity index (χ3v) is 2.94. The second-order valence-electron chi connectivity index (χ2n) is 4.77. The summed E-state index contributed by atoms with van der Waals surface area (Å²) in [5.41, 5.74) is 1.24. The number of amides is 1. The zero-order chi connectivity index (χ0) is 15.2. The molecule has 1 aromatic carbocycles. The fourth-order valence-electron chi connectivity index (χ4n) is 1.81. The van der Waals surface area contributed by atoms with E-state index in [1.807, 2.05) is 24.3 Å². The summed E-state index contributed by atoms with van der Waals surface area (Å²) in [4.78, 5) is 11.6. The number of unbranched alkanes of at least 4 members (excludes halogenated alkanes) is 1.